The van der Waals surface area contributed by atoms with Crippen LogP contribution >= 0.6 is 0 Å². The number of aromatic hydroxyl groups is 1. The summed E-state index contributed by atoms with van der Waals surface area (Å²) in [5, 5.41) is 16.6. The second-order valence-electron chi connectivity index (χ2n) is 9.20. The molecular weight excluding hydrogens is 446 g/mol. The Balaban J connectivity index is 1.54. The van der Waals surface area contributed by atoms with Crippen LogP contribution in [0, 0.1) is 17.6 Å². The van der Waals surface area contributed by atoms with E-state index in [0.717, 1.165) is 44.4 Å². The molecule has 1 unspecified atom stereocenters. The first-order valence-electron chi connectivity index (χ1n) is 11.6. The molecule has 3 N–H and O–H groups in total. The van der Waals surface area contributed by atoms with E-state index in [1.54, 1.807) is 9.47 Å². The Labute approximate surface area is 194 Å². The zero-order valence-electron chi connectivity index (χ0n) is 18.6. The van der Waals surface area contributed by atoms with Crippen LogP contribution < -0.4 is 16.1 Å². The standard InChI is InChI=1S/C24H26F2N4O4/c25-15-6-5-14(16(26)10-15)11-28-23(33)19-17(9-13-3-4-13)30-12-18-27-7-1-2-8-29(18)24(34)20(30)22(32)21(19)31/h5-6,10,13,18,27,32H,1-4,7-9,11-12H2,(H,28,33). The Morgan fingerprint density at radius 3 is 2.74 bits per heavy atom. The van der Waals surface area contributed by atoms with Crippen molar-refractivity contribution < 1.29 is 23.5 Å². The summed E-state index contributed by atoms with van der Waals surface area (Å²) in [4.78, 5) is 41.2. The average molecular weight is 472 g/mol. The summed E-state index contributed by atoms with van der Waals surface area (Å²) in [6.07, 6.45) is 3.75. The summed E-state index contributed by atoms with van der Waals surface area (Å²) in [5.74, 6) is -3.20. The van der Waals surface area contributed by atoms with Gasteiger partial charge in [0.05, 0.1) is 6.54 Å². The zero-order chi connectivity index (χ0) is 24.0. The predicted octanol–water partition coefficient (Wildman–Crippen LogP) is 1.88. The minimum absolute atomic E-state index is 0.0641. The van der Waals surface area contributed by atoms with Gasteiger partial charge in [-0.1, -0.05) is 6.07 Å². The van der Waals surface area contributed by atoms with Crippen LogP contribution in [0.15, 0.2) is 23.0 Å². The Kier molecular flexibility index (Phi) is 5.85. The van der Waals surface area contributed by atoms with Gasteiger partial charge >= 0.3 is 0 Å². The van der Waals surface area contributed by atoms with Crippen LogP contribution in [0.2, 0.25) is 0 Å². The fourth-order valence-corrected chi connectivity index (χ4v) is 4.80. The SMILES string of the molecule is O=C(NCc1ccc(F)cc1F)c1c(CC2CC2)n2c(c(O)c1=O)C(=O)N1CCCCNC1C2. The molecule has 0 radical (unpaired) electrons. The average Bonchev–Trinajstić information content (AvgIpc) is 3.63. The van der Waals surface area contributed by atoms with Crippen molar-refractivity contribution in [2.45, 2.75) is 51.4 Å². The number of pyridine rings is 1. The molecule has 2 aromatic rings. The summed E-state index contributed by atoms with van der Waals surface area (Å²) < 4.78 is 28.8. The molecule has 34 heavy (non-hydrogen) atoms. The van der Waals surface area contributed by atoms with Crippen LogP contribution in [0.1, 0.15) is 57.8 Å². The molecule has 1 aliphatic carbocycles. The lowest BCUT2D eigenvalue weighted by molar-refractivity contribution is 0.0555. The van der Waals surface area contributed by atoms with Crippen molar-refractivity contribution in [3.8, 4) is 5.75 Å². The molecule has 2 amide bonds. The van der Waals surface area contributed by atoms with E-state index in [1.807, 2.05) is 0 Å². The highest BCUT2D eigenvalue weighted by molar-refractivity contribution is 6.00. The minimum atomic E-state index is -0.909. The number of carbonyl (C=O) groups is 2. The van der Waals surface area contributed by atoms with E-state index >= 15 is 0 Å². The summed E-state index contributed by atoms with van der Waals surface area (Å²) in [5.41, 5.74) is -0.744. The van der Waals surface area contributed by atoms with Crippen molar-refractivity contribution in [3.63, 3.8) is 0 Å². The second-order valence-corrected chi connectivity index (χ2v) is 9.20. The number of hydrogen-bond donors (Lipinski definition) is 3. The van der Waals surface area contributed by atoms with Crippen LogP contribution in [-0.2, 0) is 19.5 Å². The molecule has 180 valence electrons. The highest BCUT2D eigenvalue weighted by atomic mass is 19.1. The van der Waals surface area contributed by atoms with Gasteiger partial charge in [0.2, 0.25) is 5.43 Å². The first-order chi connectivity index (χ1) is 16.3. The molecule has 0 spiro atoms. The molecule has 8 nitrogen and oxygen atoms in total. The molecule has 10 heteroatoms. The number of halogens is 2. The van der Waals surface area contributed by atoms with E-state index in [2.05, 4.69) is 10.6 Å². The fraction of sp³-hybridized carbons (Fsp3) is 0.458. The first-order valence-corrected chi connectivity index (χ1v) is 11.6. The summed E-state index contributed by atoms with van der Waals surface area (Å²) >= 11 is 0. The Bertz CT molecular complexity index is 1220. The highest BCUT2D eigenvalue weighted by Crippen LogP contribution is 2.35. The largest absolute Gasteiger partial charge is 0.503 e. The summed E-state index contributed by atoms with van der Waals surface area (Å²) in [7, 11) is 0. The zero-order valence-corrected chi connectivity index (χ0v) is 18.6. The van der Waals surface area contributed by atoms with Crippen molar-refractivity contribution in [1.29, 1.82) is 0 Å². The number of hydrogen-bond acceptors (Lipinski definition) is 5. The van der Waals surface area contributed by atoms with Crippen LogP contribution in [0.3, 0.4) is 0 Å². The normalized spacial score (nSPS) is 19.9. The number of carbonyl (C=O) groups excluding carboxylic acids is 2. The number of fused-ring (bicyclic) bond motifs is 2. The van der Waals surface area contributed by atoms with Crippen LogP contribution in [0.25, 0.3) is 0 Å². The Hall–Kier alpha value is -3.27. The van der Waals surface area contributed by atoms with Gasteiger partial charge in [-0.25, -0.2) is 8.78 Å². The monoisotopic (exact) mass is 472 g/mol. The van der Waals surface area contributed by atoms with Gasteiger partial charge in [-0.05, 0) is 50.6 Å². The molecule has 1 saturated heterocycles. The number of rotatable bonds is 5. The third-order valence-electron chi connectivity index (χ3n) is 6.81. The maximum absolute atomic E-state index is 14.0. The molecule has 1 atom stereocenters. The van der Waals surface area contributed by atoms with E-state index in [-0.39, 0.29) is 35.4 Å². The lowest BCUT2D eigenvalue weighted by Gasteiger charge is -2.38. The van der Waals surface area contributed by atoms with Gasteiger partial charge in [0.25, 0.3) is 11.8 Å². The third-order valence-corrected chi connectivity index (χ3v) is 6.81. The first kappa shape index (κ1) is 22.5. The smallest absolute Gasteiger partial charge is 0.275 e. The van der Waals surface area contributed by atoms with Crippen LogP contribution in [0.4, 0.5) is 8.78 Å². The van der Waals surface area contributed by atoms with Crippen LogP contribution in [-0.4, -0.2) is 45.6 Å². The molecule has 3 heterocycles. The van der Waals surface area contributed by atoms with E-state index in [0.29, 0.717) is 25.2 Å². The lowest BCUT2D eigenvalue weighted by Crippen LogP contribution is -2.55. The van der Waals surface area contributed by atoms with Gasteiger partial charge in [0.15, 0.2) is 11.4 Å². The predicted molar refractivity (Wildman–Crippen MR) is 118 cm³/mol. The van der Waals surface area contributed by atoms with E-state index < -0.39 is 34.6 Å². The molecule has 0 bridgehead atoms. The Morgan fingerprint density at radius 2 is 2.00 bits per heavy atom. The van der Waals surface area contributed by atoms with E-state index in [4.69, 9.17) is 0 Å². The van der Waals surface area contributed by atoms with Crippen LogP contribution in [0.5, 0.6) is 5.75 Å². The topological polar surface area (TPSA) is 104 Å². The number of nitrogens with one attached hydrogen (secondary N) is 2. The van der Waals surface area contributed by atoms with Gasteiger partial charge in [-0.3, -0.25) is 19.7 Å². The number of aromatic nitrogens is 1. The van der Waals surface area contributed by atoms with Gasteiger partial charge in [-0.2, -0.15) is 0 Å². The van der Waals surface area contributed by atoms with Crippen molar-refractivity contribution in [2.75, 3.05) is 13.1 Å². The summed E-state index contributed by atoms with van der Waals surface area (Å²) in [6, 6.07) is 3.02. The van der Waals surface area contributed by atoms with Gasteiger partial charge in [0.1, 0.15) is 23.4 Å². The fourth-order valence-electron chi connectivity index (χ4n) is 4.80. The van der Waals surface area contributed by atoms with E-state index in [9.17, 15) is 28.3 Å². The van der Waals surface area contributed by atoms with E-state index in [1.165, 1.54) is 6.07 Å². The number of amides is 2. The maximum Gasteiger partial charge on any atom is 0.275 e. The molecule has 2 fully saturated rings. The van der Waals surface area contributed by atoms with Crippen molar-refractivity contribution in [3.05, 3.63) is 62.6 Å². The molecule has 2 aliphatic heterocycles. The van der Waals surface area contributed by atoms with Gasteiger partial charge in [0, 0.05) is 30.4 Å². The molecule has 1 aromatic carbocycles. The highest BCUT2D eigenvalue weighted by Gasteiger charge is 2.40. The third kappa shape index (κ3) is 4.06. The summed E-state index contributed by atoms with van der Waals surface area (Å²) in [6.45, 7) is 1.31. The van der Waals surface area contributed by atoms with Crippen molar-refractivity contribution in [2.24, 2.45) is 5.92 Å². The molecule has 1 saturated carbocycles. The van der Waals surface area contributed by atoms with Gasteiger partial charge < -0.3 is 19.9 Å². The van der Waals surface area contributed by atoms with Crippen molar-refractivity contribution in [1.82, 2.24) is 20.1 Å². The number of nitrogens with zero attached hydrogens (tertiary/aromatic N) is 2. The minimum Gasteiger partial charge on any atom is -0.503 e. The molecule has 3 aliphatic rings. The van der Waals surface area contributed by atoms with Crippen molar-refractivity contribution >= 4 is 11.8 Å². The molecular formula is C24H26F2N4O4. The maximum atomic E-state index is 14.0. The molecule has 5 rings (SSSR count). The number of benzene rings is 1. The van der Waals surface area contributed by atoms with Gasteiger partial charge in [-0.15, -0.1) is 0 Å². The lowest BCUT2D eigenvalue weighted by atomic mass is 10.0. The molecule has 1 aromatic heterocycles. The Morgan fingerprint density at radius 1 is 1.21 bits per heavy atom. The quantitative estimate of drug-likeness (QED) is 0.617. The second kappa shape index (κ2) is 8.83.